The van der Waals surface area contributed by atoms with E-state index in [2.05, 4.69) is 11.8 Å². The standard InChI is InChI=1S/C15H32N2O/c1-4-17(12-14(2,3)18)13-15(11-16)9-7-5-6-8-10-15/h18H,4-13,16H2,1-3H3. The highest BCUT2D eigenvalue weighted by atomic mass is 16.3. The average Bonchev–Trinajstić information content (AvgIpc) is 2.52. The van der Waals surface area contributed by atoms with Crippen molar-refractivity contribution in [1.29, 1.82) is 0 Å². The van der Waals surface area contributed by atoms with Gasteiger partial charge in [0.15, 0.2) is 0 Å². The molecule has 0 atom stereocenters. The van der Waals surface area contributed by atoms with Crippen molar-refractivity contribution in [2.45, 2.75) is 64.9 Å². The molecule has 0 bridgehead atoms. The molecule has 0 saturated heterocycles. The Kier molecular flexibility index (Phi) is 6.09. The van der Waals surface area contributed by atoms with Crippen molar-refractivity contribution in [2.75, 3.05) is 26.2 Å². The molecule has 1 aliphatic rings. The Morgan fingerprint density at radius 2 is 1.72 bits per heavy atom. The molecule has 0 amide bonds. The normalized spacial score (nSPS) is 21.0. The first-order valence-electron chi connectivity index (χ1n) is 7.56. The van der Waals surface area contributed by atoms with Crippen molar-refractivity contribution < 1.29 is 5.11 Å². The molecule has 108 valence electrons. The number of hydrogen-bond acceptors (Lipinski definition) is 3. The van der Waals surface area contributed by atoms with E-state index in [4.69, 9.17) is 5.73 Å². The molecule has 0 aromatic carbocycles. The monoisotopic (exact) mass is 256 g/mol. The van der Waals surface area contributed by atoms with Crippen LogP contribution in [0, 0.1) is 5.41 Å². The first-order chi connectivity index (χ1) is 8.41. The van der Waals surface area contributed by atoms with Crippen LogP contribution in [0.1, 0.15) is 59.3 Å². The Bertz CT molecular complexity index is 227. The fourth-order valence-corrected chi connectivity index (χ4v) is 3.21. The Morgan fingerprint density at radius 1 is 1.17 bits per heavy atom. The summed E-state index contributed by atoms with van der Waals surface area (Å²) in [7, 11) is 0. The summed E-state index contributed by atoms with van der Waals surface area (Å²) in [5, 5.41) is 9.99. The summed E-state index contributed by atoms with van der Waals surface area (Å²) in [5.41, 5.74) is 5.76. The summed E-state index contributed by atoms with van der Waals surface area (Å²) in [6.07, 6.45) is 7.87. The Balaban J connectivity index is 2.63. The van der Waals surface area contributed by atoms with E-state index in [-0.39, 0.29) is 5.41 Å². The van der Waals surface area contributed by atoms with Crippen LogP contribution in [0.15, 0.2) is 0 Å². The Hall–Kier alpha value is -0.120. The summed E-state index contributed by atoms with van der Waals surface area (Å²) in [6, 6.07) is 0. The van der Waals surface area contributed by atoms with Gasteiger partial charge in [0, 0.05) is 13.1 Å². The summed E-state index contributed by atoms with van der Waals surface area (Å²) in [5.74, 6) is 0. The second-order valence-corrected chi connectivity index (χ2v) is 6.73. The van der Waals surface area contributed by atoms with E-state index in [1.54, 1.807) is 0 Å². The Morgan fingerprint density at radius 3 is 2.11 bits per heavy atom. The summed E-state index contributed by atoms with van der Waals surface area (Å²) >= 11 is 0. The molecule has 0 heterocycles. The van der Waals surface area contributed by atoms with E-state index in [1.807, 2.05) is 13.8 Å². The lowest BCUT2D eigenvalue weighted by Gasteiger charge is -2.38. The topological polar surface area (TPSA) is 49.5 Å². The summed E-state index contributed by atoms with van der Waals surface area (Å²) in [6.45, 7) is 9.51. The third-order valence-electron chi connectivity index (χ3n) is 4.21. The van der Waals surface area contributed by atoms with Gasteiger partial charge >= 0.3 is 0 Å². The van der Waals surface area contributed by atoms with Crippen LogP contribution in [0.25, 0.3) is 0 Å². The maximum atomic E-state index is 9.99. The quantitative estimate of drug-likeness (QED) is 0.717. The van der Waals surface area contributed by atoms with Gasteiger partial charge in [-0.1, -0.05) is 32.6 Å². The van der Waals surface area contributed by atoms with Gasteiger partial charge in [-0.3, -0.25) is 0 Å². The van der Waals surface area contributed by atoms with Gasteiger partial charge in [0.2, 0.25) is 0 Å². The molecule has 0 unspecified atom stereocenters. The van der Waals surface area contributed by atoms with Crippen LogP contribution in [0.2, 0.25) is 0 Å². The van der Waals surface area contributed by atoms with Gasteiger partial charge in [0.25, 0.3) is 0 Å². The molecule has 1 fully saturated rings. The lowest BCUT2D eigenvalue weighted by atomic mass is 9.79. The van der Waals surface area contributed by atoms with E-state index in [9.17, 15) is 5.11 Å². The van der Waals surface area contributed by atoms with Crippen LogP contribution >= 0.6 is 0 Å². The van der Waals surface area contributed by atoms with E-state index >= 15 is 0 Å². The van der Waals surface area contributed by atoms with Gasteiger partial charge in [0.05, 0.1) is 5.60 Å². The number of rotatable bonds is 6. The molecule has 0 aliphatic heterocycles. The summed E-state index contributed by atoms with van der Waals surface area (Å²) < 4.78 is 0. The van der Waals surface area contributed by atoms with Crippen LogP contribution in [-0.4, -0.2) is 41.8 Å². The van der Waals surface area contributed by atoms with Crippen LogP contribution in [0.5, 0.6) is 0 Å². The lowest BCUT2D eigenvalue weighted by molar-refractivity contribution is 0.0201. The average molecular weight is 256 g/mol. The molecular formula is C15H32N2O. The smallest absolute Gasteiger partial charge is 0.0718 e. The fraction of sp³-hybridized carbons (Fsp3) is 1.00. The van der Waals surface area contributed by atoms with Crippen LogP contribution < -0.4 is 5.73 Å². The molecule has 1 rings (SSSR count). The number of aliphatic hydroxyl groups is 1. The number of likely N-dealkylation sites (N-methyl/N-ethyl adjacent to an activating group) is 1. The largest absolute Gasteiger partial charge is 0.389 e. The van der Waals surface area contributed by atoms with Gasteiger partial charge in [-0.15, -0.1) is 0 Å². The molecule has 18 heavy (non-hydrogen) atoms. The minimum Gasteiger partial charge on any atom is -0.389 e. The second-order valence-electron chi connectivity index (χ2n) is 6.73. The van der Waals surface area contributed by atoms with E-state index in [0.717, 1.165) is 26.2 Å². The summed E-state index contributed by atoms with van der Waals surface area (Å²) in [4.78, 5) is 2.37. The molecular weight excluding hydrogens is 224 g/mol. The van der Waals surface area contributed by atoms with Crippen molar-refractivity contribution in [3.05, 3.63) is 0 Å². The minimum atomic E-state index is -0.615. The van der Waals surface area contributed by atoms with Crippen LogP contribution in [0.4, 0.5) is 0 Å². The SMILES string of the molecule is CCN(CC(C)(C)O)CC1(CN)CCCCCC1. The molecule has 3 heteroatoms. The maximum Gasteiger partial charge on any atom is 0.0718 e. The Labute approximate surface area is 113 Å². The van der Waals surface area contributed by atoms with Crippen molar-refractivity contribution in [3.63, 3.8) is 0 Å². The highest BCUT2D eigenvalue weighted by Crippen LogP contribution is 2.35. The first kappa shape index (κ1) is 15.9. The van der Waals surface area contributed by atoms with Gasteiger partial charge < -0.3 is 15.7 Å². The van der Waals surface area contributed by atoms with Gasteiger partial charge in [0.1, 0.15) is 0 Å². The zero-order valence-corrected chi connectivity index (χ0v) is 12.5. The third-order valence-corrected chi connectivity index (χ3v) is 4.21. The van der Waals surface area contributed by atoms with Crippen molar-refractivity contribution in [1.82, 2.24) is 4.90 Å². The fourth-order valence-electron chi connectivity index (χ4n) is 3.21. The van der Waals surface area contributed by atoms with Crippen molar-refractivity contribution in [3.8, 4) is 0 Å². The minimum absolute atomic E-state index is 0.289. The molecule has 1 aliphatic carbocycles. The third kappa shape index (κ3) is 5.25. The first-order valence-corrected chi connectivity index (χ1v) is 7.56. The van der Waals surface area contributed by atoms with Gasteiger partial charge in [-0.25, -0.2) is 0 Å². The number of hydrogen-bond donors (Lipinski definition) is 2. The molecule has 3 nitrogen and oxygen atoms in total. The van der Waals surface area contributed by atoms with Crippen molar-refractivity contribution >= 4 is 0 Å². The van der Waals surface area contributed by atoms with Crippen molar-refractivity contribution in [2.24, 2.45) is 11.1 Å². The molecule has 0 aromatic heterocycles. The predicted molar refractivity (Wildman–Crippen MR) is 77.6 cm³/mol. The lowest BCUT2D eigenvalue weighted by Crippen LogP contribution is -2.47. The highest BCUT2D eigenvalue weighted by Gasteiger charge is 2.32. The molecule has 0 aromatic rings. The van der Waals surface area contributed by atoms with E-state index in [1.165, 1.54) is 38.5 Å². The molecule has 3 N–H and O–H groups in total. The zero-order chi connectivity index (χ0) is 13.6. The van der Waals surface area contributed by atoms with E-state index < -0.39 is 5.60 Å². The van der Waals surface area contributed by atoms with Gasteiger partial charge in [-0.05, 0) is 45.2 Å². The second kappa shape index (κ2) is 6.88. The maximum absolute atomic E-state index is 9.99. The molecule has 0 spiro atoms. The van der Waals surface area contributed by atoms with Gasteiger partial charge in [-0.2, -0.15) is 0 Å². The number of nitrogens with zero attached hydrogens (tertiary/aromatic N) is 1. The molecule has 1 saturated carbocycles. The van der Waals surface area contributed by atoms with Crippen LogP contribution in [0.3, 0.4) is 0 Å². The zero-order valence-electron chi connectivity index (χ0n) is 12.5. The van der Waals surface area contributed by atoms with E-state index in [0.29, 0.717) is 0 Å². The predicted octanol–water partition coefficient (Wildman–Crippen LogP) is 2.38. The molecule has 0 radical (unpaired) electrons. The number of nitrogens with two attached hydrogens (primary N) is 1. The highest BCUT2D eigenvalue weighted by molar-refractivity contribution is 4.87. The van der Waals surface area contributed by atoms with Crippen LogP contribution in [-0.2, 0) is 0 Å².